The van der Waals surface area contributed by atoms with E-state index in [2.05, 4.69) is 0 Å². The van der Waals surface area contributed by atoms with Crippen LogP contribution in [0.4, 0.5) is 4.39 Å². The number of amides is 1. The third-order valence-electron chi connectivity index (χ3n) is 3.67. The quantitative estimate of drug-likeness (QED) is 0.783. The first-order valence-electron chi connectivity index (χ1n) is 6.47. The molecule has 1 unspecified atom stereocenters. The van der Waals surface area contributed by atoms with Gasteiger partial charge in [0.15, 0.2) is 0 Å². The molecule has 0 saturated carbocycles. The Hall–Kier alpha value is -0.850. The van der Waals surface area contributed by atoms with Crippen LogP contribution in [0, 0.1) is 11.7 Å². The molecule has 1 saturated heterocycles. The molecule has 116 valence electrons. The normalized spacial score (nSPS) is 19.0. The maximum atomic E-state index is 13.9. The molecule has 4 nitrogen and oxygen atoms in total. The number of halogens is 3. The van der Waals surface area contributed by atoms with Gasteiger partial charge >= 0.3 is 0 Å². The highest BCUT2D eigenvalue weighted by molar-refractivity contribution is 8.13. The van der Waals surface area contributed by atoms with Crippen molar-refractivity contribution in [2.45, 2.75) is 24.7 Å². The molecule has 1 fully saturated rings. The summed E-state index contributed by atoms with van der Waals surface area (Å²) in [7, 11) is 1.10. The highest BCUT2D eigenvalue weighted by Crippen LogP contribution is 2.29. The fourth-order valence-electron chi connectivity index (χ4n) is 2.40. The zero-order valence-corrected chi connectivity index (χ0v) is 13.6. The lowest BCUT2D eigenvalue weighted by Gasteiger charge is -2.17. The predicted molar refractivity (Wildman–Crippen MR) is 78.8 cm³/mol. The van der Waals surface area contributed by atoms with Crippen molar-refractivity contribution >= 4 is 37.2 Å². The van der Waals surface area contributed by atoms with Crippen LogP contribution in [0.2, 0.25) is 5.02 Å². The van der Waals surface area contributed by atoms with E-state index in [0.29, 0.717) is 19.0 Å². The summed E-state index contributed by atoms with van der Waals surface area (Å²) >= 11 is 5.67. The van der Waals surface area contributed by atoms with Gasteiger partial charge in [0, 0.05) is 23.8 Å². The highest BCUT2D eigenvalue weighted by Gasteiger charge is 2.29. The maximum Gasteiger partial charge on any atom is 0.262 e. The zero-order chi connectivity index (χ0) is 15.8. The standard InChI is InChI=1S/C13H14Cl2FNO3S/c1-2-8-3-4-17(7-8)13(18)9-5-12(21(15,19)20)10(14)6-11(9)16/h5-6,8H,2-4,7H2,1H3. The monoisotopic (exact) mass is 353 g/mol. The van der Waals surface area contributed by atoms with E-state index in [4.69, 9.17) is 22.3 Å². The Labute approximate surface area is 132 Å². The average molecular weight is 354 g/mol. The smallest absolute Gasteiger partial charge is 0.262 e. The minimum absolute atomic E-state index is 0.324. The second-order valence-electron chi connectivity index (χ2n) is 5.01. The summed E-state index contributed by atoms with van der Waals surface area (Å²) in [6, 6.07) is 1.71. The van der Waals surface area contributed by atoms with E-state index < -0.39 is 25.7 Å². The van der Waals surface area contributed by atoms with Crippen LogP contribution >= 0.6 is 22.3 Å². The van der Waals surface area contributed by atoms with Crippen LogP contribution in [0.1, 0.15) is 30.1 Å². The molecule has 0 aliphatic carbocycles. The molecule has 1 aliphatic heterocycles. The Kier molecular flexibility index (Phi) is 4.80. The average Bonchev–Trinajstić information content (AvgIpc) is 2.85. The van der Waals surface area contributed by atoms with Gasteiger partial charge in [0.1, 0.15) is 10.7 Å². The van der Waals surface area contributed by atoms with Crippen LogP contribution < -0.4 is 0 Å². The number of nitrogens with zero attached hydrogens (tertiary/aromatic N) is 1. The van der Waals surface area contributed by atoms with Gasteiger partial charge in [-0.2, -0.15) is 0 Å². The highest BCUT2D eigenvalue weighted by atomic mass is 35.7. The molecule has 1 heterocycles. The molecule has 1 aromatic carbocycles. The van der Waals surface area contributed by atoms with Gasteiger partial charge in [0.05, 0.1) is 10.6 Å². The molecule has 0 N–H and O–H groups in total. The van der Waals surface area contributed by atoms with Crippen LogP contribution in [-0.4, -0.2) is 32.3 Å². The Balaban J connectivity index is 2.38. The summed E-state index contributed by atoms with van der Waals surface area (Å²) < 4.78 is 36.7. The van der Waals surface area contributed by atoms with E-state index in [0.717, 1.165) is 25.0 Å². The fourth-order valence-corrected chi connectivity index (χ4v) is 3.91. The number of hydrogen-bond acceptors (Lipinski definition) is 3. The molecule has 0 bridgehead atoms. The Morgan fingerprint density at radius 2 is 2.14 bits per heavy atom. The minimum Gasteiger partial charge on any atom is -0.338 e. The Morgan fingerprint density at radius 3 is 2.67 bits per heavy atom. The summed E-state index contributed by atoms with van der Waals surface area (Å²) in [5.74, 6) is -1.00. The van der Waals surface area contributed by atoms with E-state index in [1.54, 1.807) is 0 Å². The maximum absolute atomic E-state index is 13.9. The lowest BCUT2D eigenvalue weighted by atomic mass is 10.1. The van der Waals surface area contributed by atoms with Gasteiger partial charge in [-0.15, -0.1) is 0 Å². The third-order valence-corrected chi connectivity index (χ3v) is 5.45. The Morgan fingerprint density at radius 1 is 1.48 bits per heavy atom. The van der Waals surface area contributed by atoms with E-state index in [1.165, 1.54) is 4.90 Å². The van der Waals surface area contributed by atoms with Gasteiger partial charge in [0.2, 0.25) is 0 Å². The first-order valence-corrected chi connectivity index (χ1v) is 9.15. The van der Waals surface area contributed by atoms with E-state index >= 15 is 0 Å². The van der Waals surface area contributed by atoms with Gasteiger partial charge in [-0.1, -0.05) is 24.9 Å². The molecule has 2 rings (SSSR count). The summed E-state index contributed by atoms with van der Waals surface area (Å²) in [6.45, 7) is 3.10. The van der Waals surface area contributed by atoms with Crippen LogP contribution in [-0.2, 0) is 9.05 Å². The second kappa shape index (κ2) is 6.10. The number of likely N-dealkylation sites (tertiary alicyclic amines) is 1. The molecule has 8 heteroatoms. The topological polar surface area (TPSA) is 54.5 Å². The van der Waals surface area contributed by atoms with Gasteiger partial charge in [0.25, 0.3) is 15.0 Å². The van der Waals surface area contributed by atoms with Crippen LogP contribution in [0.5, 0.6) is 0 Å². The largest absolute Gasteiger partial charge is 0.338 e. The fraction of sp³-hybridized carbons (Fsp3) is 0.462. The van der Waals surface area contributed by atoms with Gasteiger partial charge in [-0.05, 0) is 24.5 Å². The summed E-state index contributed by atoms with van der Waals surface area (Å²) in [4.78, 5) is 13.4. The van der Waals surface area contributed by atoms with Crippen molar-refractivity contribution < 1.29 is 17.6 Å². The van der Waals surface area contributed by atoms with Crippen LogP contribution in [0.3, 0.4) is 0 Å². The van der Waals surface area contributed by atoms with Crippen molar-refractivity contribution in [3.63, 3.8) is 0 Å². The van der Waals surface area contributed by atoms with Gasteiger partial charge in [-0.25, -0.2) is 12.8 Å². The molecule has 0 aromatic heterocycles. The van der Waals surface area contributed by atoms with E-state index in [1.807, 2.05) is 6.92 Å². The molecular formula is C13H14Cl2FNO3S. The van der Waals surface area contributed by atoms with E-state index in [-0.39, 0.29) is 10.6 Å². The third kappa shape index (κ3) is 3.49. The van der Waals surface area contributed by atoms with Crippen LogP contribution in [0.15, 0.2) is 17.0 Å². The van der Waals surface area contributed by atoms with Crippen molar-refractivity contribution in [1.82, 2.24) is 4.90 Å². The van der Waals surface area contributed by atoms with Gasteiger partial charge < -0.3 is 4.90 Å². The summed E-state index contributed by atoms with van der Waals surface area (Å²) in [5.41, 5.74) is -0.324. The number of carbonyl (C=O) groups is 1. The predicted octanol–water partition coefficient (Wildman–Crippen LogP) is 3.28. The minimum atomic E-state index is -4.14. The molecule has 1 aliphatic rings. The van der Waals surface area contributed by atoms with Crippen molar-refractivity contribution in [2.75, 3.05) is 13.1 Å². The molecular weight excluding hydrogens is 340 g/mol. The first kappa shape index (κ1) is 16.5. The molecule has 0 spiro atoms. The number of benzene rings is 1. The molecule has 1 atom stereocenters. The van der Waals surface area contributed by atoms with Gasteiger partial charge in [-0.3, -0.25) is 4.79 Å². The summed E-state index contributed by atoms with van der Waals surface area (Å²) in [6.07, 6.45) is 1.80. The second-order valence-corrected chi connectivity index (χ2v) is 7.96. The zero-order valence-electron chi connectivity index (χ0n) is 11.3. The molecule has 0 radical (unpaired) electrons. The van der Waals surface area contributed by atoms with Crippen LogP contribution in [0.25, 0.3) is 0 Å². The lowest BCUT2D eigenvalue weighted by Crippen LogP contribution is -2.29. The van der Waals surface area contributed by atoms with Crippen molar-refractivity contribution in [1.29, 1.82) is 0 Å². The first-order chi connectivity index (χ1) is 9.74. The lowest BCUT2D eigenvalue weighted by molar-refractivity contribution is 0.0782. The molecule has 21 heavy (non-hydrogen) atoms. The van der Waals surface area contributed by atoms with E-state index in [9.17, 15) is 17.6 Å². The number of carbonyl (C=O) groups excluding carboxylic acids is 1. The van der Waals surface area contributed by atoms with Crippen molar-refractivity contribution in [3.05, 3.63) is 28.5 Å². The number of hydrogen-bond donors (Lipinski definition) is 0. The molecule has 1 aromatic rings. The van der Waals surface area contributed by atoms with Crippen molar-refractivity contribution in [3.8, 4) is 0 Å². The SMILES string of the molecule is CCC1CCN(C(=O)c2cc(S(=O)(=O)Cl)c(Cl)cc2F)C1. The molecule has 1 amide bonds. The van der Waals surface area contributed by atoms with Crippen molar-refractivity contribution in [2.24, 2.45) is 5.92 Å². The number of rotatable bonds is 3. The summed E-state index contributed by atoms with van der Waals surface area (Å²) in [5, 5.41) is -0.341. The Bertz CT molecular complexity index is 678.